The second-order valence-electron chi connectivity index (χ2n) is 9.58. The molecular weight excluding hydrogens is 335 g/mol. The summed E-state index contributed by atoms with van der Waals surface area (Å²) in [5.41, 5.74) is -2.29. The van der Waals surface area contributed by atoms with E-state index < -0.39 is 52.1 Å². The van der Waals surface area contributed by atoms with Crippen LogP contribution < -0.4 is 0 Å². The number of carboxylic acids is 1. The van der Waals surface area contributed by atoms with Crippen molar-refractivity contribution < 1.29 is 24.2 Å². The van der Waals surface area contributed by atoms with E-state index in [-0.39, 0.29) is 24.7 Å². The van der Waals surface area contributed by atoms with Crippen molar-refractivity contribution in [1.29, 1.82) is 0 Å². The summed E-state index contributed by atoms with van der Waals surface area (Å²) < 4.78 is 14.7. The van der Waals surface area contributed by atoms with Crippen molar-refractivity contribution in [3.8, 4) is 0 Å². The van der Waals surface area contributed by atoms with Crippen molar-refractivity contribution in [3.63, 3.8) is 0 Å². The third-order valence-corrected chi connectivity index (χ3v) is 8.65. The first kappa shape index (κ1) is 19.5. The van der Waals surface area contributed by atoms with E-state index in [4.69, 9.17) is 0 Å². The number of hydrogen-bond donors (Lipinski definition) is 2. The lowest BCUT2D eigenvalue weighted by molar-refractivity contribution is -0.189. The third kappa shape index (κ3) is 2.22. The average molecular weight is 366 g/mol. The fraction of sp³-hybridized carbons (Fsp3) is 0.810. The molecule has 3 rings (SSSR count). The van der Waals surface area contributed by atoms with Crippen LogP contribution in [0, 0.1) is 39.9 Å². The van der Waals surface area contributed by atoms with Gasteiger partial charge in [0.05, 0.1) is 12.0 Å². The molecule has 0 aromatic heterocycles. The van der Waals surface area contributed by atoms with E-state index in [2.05, 4.69) is 6.58 Å². The largest absolute Gasteiger partial charge is 0.481 e. The zero-order valence-corrected chi connectivity index (χ0v) is 16.2. The van der Waals surface area contributed by atoms with Gasteiger partial charge in [0.15, 0.2) is 12.0 Å². The molecule has 0 spiro atoms. The number of carboxylic acid groups (broad SMARTS) is 1. The molecule has 9 atom stereocenters. The summed E-state index contributed by atoms with van der Waals surface area (Å²) in [6, 6.07) is 0. The van der Waals surface area contributed by atoms with Crippen LogP contribution in [0.25, 0.3) is 0 Å². The molecule has 5 heteroatoms. The molecule has 2 bridgehead atoms. The maximum Gasteiger partial charge on any atom is 0.307 e. The van der Waals surface area contributed by atoms with Gasteiger partial charge in [-0.3, -0.25) is 9.59 Å². The van der Waals surface area contributed by atoms with Crippen molar-refractivity contribution in [2.75, 3.05) is 0 Å². The van der Waals surface area contributed by atoms with E-state index in [1.807, 2.05) is 27.7 Å². The van der Waals surface area contributed by atoms with Crippen LogP contribution in [0.4, 0.5) is 4.39 Å². The van der Waals surface area contributed by atoms with Crippen molar-refractivity contribution in [3.05, 3.63) is 12.7 Å². The molecule has 0 amide bonds. The summed E-state index contributed by atoms with van der Waals surface area (Å²) in [7, 11) is 0. The van der Waals surface area contributed by atoms with Crippen LogP contribution in [0.2, 0.25) is 0 Å². The summed E-state index contributed by atoms with van der Waals surface area (Å²) >= 11 is 0. The quantitative estimate of drug-likeness (QED) is 0.732. The highest BCUT2D eigenvalue weighted by Gasteiger charge is 2.70. The molecule has 0 unspecified atom stereocenters. The Morgan fingerprint density at radius 3 is 2.46 bits per heavy atom. The zero-order chi connectivity index (χ0) is 19.7. The first-order valence-electron chi connectivity index (χ1n) is 9.68. The number of carbonyl (C=O) groups excluding carboxylic acids is 1. The van der Waals surface area contributed by atoms with Crippen LogP contribution in [-0.2, 0) is 9.59 Å². The van der Waals surface area contributed by atoms with E-state index >= 15 is 0 Å². The number of carbonyl (C=O) groups is 2. The van der Waals surface area contributed by atoms with E-state index in [0.29, 0.717) is 6.42 Å². The summed E-state index contributed by atoms with van der Waals surface area (Å²) in [5.74, 6) is -3.15. The van der Waals surface area contributed by atoms with Gasteiger partial charge in [-0.15, -0.1) is 6.58 Å². The Balaban J connectivity index is 2.28. The van der Waals surface area contributed by atoms with Crippen LogP contribution in [-0.4, -0.2) is 34.2 Å². The van der Waals surface area contributed by atoms with E-state index in [1.165, 1.54) is 0 Å². The number of aliphatic hydroxyl groups excluding tert-OH is 1. The Hall–Kier alpha value is -1.23. The van der Waals surface area contributed by atoms with Gasteiger partial charge in [0.1, 0.15) is 0 Å². The Morgan fingerprint density at radius 1 is 1.31 bits per heavy atom. The summed E-state index contributed by atoms with van der Waals surface area (Å²) in [4.78, 5) is 25.2. The van der Waals surface area contributed by atoms with Gasteiger partial charge in [0.2, 0.25) is 0 Å². The molecule has 3 aliphatic carbocycles. The first-order valence-corrected chi connectivity index (χ1v) is 9.68. The molecule has 4 nitrogen and oxygen atoms in total. The molecule has 0 aromatic rings. The van der Waals surface area contributed by atoms with Crippen molar-refractivity contribution in [2.24, 2.45) is 39.9 Å². The maximum atomic E-state index is 14.7. The standard InChI is InChI=1S/C21H31FO4/c1-6-19(4)10-14(23)20(5)11(2)7-8-21(12(3)15(19)18(25)26)9-13(22)16(24)17(20)21/h6,11-15,17,23H,1,7-10H2,2-5H3,(H,25,26)/t11-,12+,13-,14+,15+,17-,19+,20-,21-/m0/s1. The summed E-state index contributed by atoms with van der Waals surface area (Å²) in [6.45, 7) is 11.5. The highest BCUT2D eigenvalue weighted by atomic mass is 19.1. The Kier molecular flexibility index (Phi) is 4.42. The third-order valence-electron chi connectivity index (χ3n) is 8.65. The molecule has 2 N–H and O–H groups in total. The fourth-order valence-corrected chi connectivity index (χ4v) is 6.84. The maximum absolute atomic E-state index is 14.7. The van der Waals surface area contributed by atoms with E-state index in [9.17, 15) is 24.2 Å². The van der Waals surface area contributed by atoms with Gasteiger partial charge in [0, 0.05) is 16.7 Å². The van der Waals surface area contributed by atoms with Gasteiger partial charge < -0.3 is 10.2 Å². The minimum Gasteiger partial charge on any atom is -0.481 e. The molecule has 3 saturated carbocycles. The van der Waals surface area contributed by atoms with Crippen molar-refractivity contribution >= 4 is 11.8 Å². The minimum atomic E-state index is -1.57. The van der Waals surface area contributed by atoms with Crippen LogP contribution in [0.1, 0.15) is 53.4 Å². The number of aliphatic hydroxyl groups is 1. The number of hydrogen-bond acceptors (Lipinski definition) is 3. The van der Waals surface area contributed by atoms with Crippen LogP contribution in [0.15, 0.2) is 12.7 Å². The Bertz CT molecular complexity index is 648. The minimum absolute atomic E-state index is 0.0625. The number of Topliss-reactive ketones (excluding diaryl/α,β-unsaturated/α-hetero) is 1. The van der Waals surface area contributed by atoms with Crippen molar-refractivity contribution in [1.82, 2.24) is 0 Å². The molecule has 0 heterocycles. The second-order valence-corrected chi connectivity index (χ2v) is 9.58. The normalized spacial score (nSPS) is 54.2. The lowest BCUT2D eigenvalue weighted by Crippen LogP contribution is -2.62. The van der Waals surface area contributed by atoms with Gasteiger partial charge in [0.25, 0.3) is 0 Å². The van der Waals surface area contributed by atoms with Crippen LogP contribution in [0.3, 0.4) is 0 Å². The molecule has 0 saturated heterocycles. The number of aliphatic carboxylic acids is 1. The van der Waals surface area contributed by atoms with Gasteiger partial charge in [-0.05, 0) is 42.9 Å². The molecule has 3 fully saturated rings. The van der Waals surface area contributed by atoms with Crippen LogP contribution >= 0.6 is 0 Å². The SMILES string of the molecule is C=C[C@]1(C)C[C@@H](O)[C@@]2(C)[C@@H]3C(=O)[C@@H](F)C[C@@]3(CC[C@@H]2C)[C@H](C)[C@@H]1C(=O)O. The van der Waals surface area contributed by atoms with Gasteiger partial charge in [-0.2, -0.15) is 0 Å². The molecular formula is C21H31FO4. The van der Waals surface area contributed by atoms with Gasteiger partial charge in [-0.25, -0.2) is 4.39 Å². The number of halogens is 1. The molecule has 0 aromatic carbocycles. The van der Waals surface area contributed by atoms with Gasteiger partial charge >= 0.3 is 5.97 Å². The Labute approximate surface area is 154 Å². The number of ketones is 1. The van der Waals surface area contributed by atoms with Crippen LogP contribution in [0.5, 0.6) is 0 Å². The molecule has 26 heavy (non-hydrogen) atoms. The fourth-order valence-electron chi connectivity index (χ4n) is 6.84. The topological polar surface area (TPSA) is 74.6 Å². The second kappa shape index (κ2) is 5.88. The smallest absolute Gasteiger partial charge is 0.307 e. The predicted molar refractivity (Wildman–Crippen MR) is 96.2 cm³/mol. The molecule has 0 radical (unpaired) electrons. The lowest BCUT2D eigenvalue weighted by Gasteiger charge is -2.61. The molecule has 146 valence electrons. The monoisotopic (exact) mass is 366 g/mol. The first-order chi connectivity index (χ1) is 12.0. The lowest BCUT2D eigenvalue weighted by atomic mass is 9.42. The summed E-state index contributed by atoms with van der Waals surface area (Å²) in [5, 5.41) is 21.3. The summed E-state index contributed by atoms with van der Waals surface area (Å²) in [6.07, 6.45) is 0.877. The van der Waals surface area contributed by atoms with E-state index in [0.717, 1.165) is 6.42 Å². The van der Waals surface area contributed by atoms with Crippen molar-refractivity contribution in [2.45, 2.75) is 65.7 Å². The van der Waals surface area contributed by atoms with Gasteiger partial charge in [-0.1, -0.05) is 33.8 Å². The molecule has 0 aliphatic heterocycles. The molecule has 3 aliphatic rings. The highest BCUT2D eigenvalue weighted by molar-refractivity contribution is 5.90. The Morgan fingerprint density at radius 2 is 1.92 bits per heavy atom. The number of rotatable bonds is 2. The highest BCUT2D eigenvalue weighted by Crippen LogP contribution is 2.68. The average Bonchev–Trinajstić information content (AvgIpc) is 2.82. The zero-order valence-electron chi connectivity index (χ0n) is 16.2. The number of allylic oxidation sites excluding steroid dienone is 1. The number of alkyl halides is 1. The van der Waals surface area contributed by atoms with E-state index in [1.54, 1.807) is 6.08 Å². The predicted octanol–water partition coefficient (Wildman–Crippen LogP) is 3.63.